The van der Waals surface area contributed by atoms with Crippen molar-refractivity contribution >= 4 is 5.78 Å². The van der Waals surface area contributed by atoms with E-state index in [1.165, 1.54) is 0 Å². The number of Topliss-reactive ketones (excluding diaryl/α,β-unsaturated/α-hetero) is 1. The fourth-order valence-electron chi connectivity index (χ4n) is 1.21. The highest BCUT2D eigenvalue weighted by molar-refractivity contribution is 5.91. The maximum absolute atomic E-state index is 11.1. The minimum atomic E-state index is 0.319. The number of carbonyl (C=O) groups is 1. The maximum atomic E-state index is 11.1. The summed E-state index contributed by atoms with van der Waals surface area (Å²) < 4.78 is 0. The molecule has 2 heteroatoms. The highest BCUT2D eigenvalue weighted by atomic mass is 16.1. The predicted octanol–water partition coefficient (Wildman–Crippen LogP) is 1.27. The van der Waals surface area contributed by atoms with Gasteiger partial charge in [0.15, 0.2) is 5.78 Å². The van der Waals surface area contributed by atoms with E-state index in [1.807, 2.05) is 6.92 Å². The fourth-order valence-corrected chi connectivity index (χ4v) is 1.21. The molecule has 0 unspecified atom stereocenters. The molecule has 0 bridgehead atoms. The standard InChI is InChI=1S/C8H14NO/c1-2-4-8(10)7-5-3-6-9-7/h9H,2-6H2,1H3. The van der Waals surface area contributed by atoms with Crippen LogP contribution in [0.25, 0.3) is 0 Å². The molecule has 0 spiro atoms. The zero-order valence-corrected chi connectivity index (χ0v) is 6.44. The van der Waals surface area contributed by atoms with Crippen LogP contribution in [-0.2, 0) is 4.79 Å². The highest BCUT2D eigenvalue weighted by Crippen LogP contribution is 2.15. The van der Waals surface area contributed by atoms with Crippen molar-refractivity contribution in [2.24, 2.45) is 0 Å². The van der Waals surface area contributed by atoms with Crippen molar-refractivity contribution < 1.29 is 4.79 Å². The molecule has 0 aromatic heterocycles. The van der Waals surface area contributed by atoms with Gasteiger partial charge in [0, 0.05) is 6.42 Å². The molecule has 0 aromatic rings. The van der Waals surface area contributed by atoms with Crippen LogP contribution in [0.3, 0.4) is 0 Å². The van der Waals surface area contributed by atoms with Gasteiger partial charge in [-0.05, 0) is 25.8 Å². The molecule has 0 aromatic carbocycles. The normalized spacial score (nSPS) is 19.7. The Morgan fingerprint density at radius 2 is 2.50 bits per heavy atom. The van der Waals surface area contributed by atoms with Crippen LogP contribution in [0.15, 0.2) is 0 Å². The topological polar surface area (TPSA) is 29.1 Å². The number of hydrogen-bond donors (Lipinski definition) is 1. The van der Waals surface area contributed by atoms with Gasteiger partial charge in [-0.25, -0.2) is 0 Å². The Morgan fingerprint density at radius 3 is 3.00 bits per heavy atom. The Balaban J connectivity index is 2.25. The van der Waals surface area contributed by atoms with E-state index in [2.05, 4.69) is 5.32 Å². The zero-order valence-electron chi connectivity index (χ0n) is 6.44. The summed E-state index contributed by atoms with van der Waals surface area (Å²) in [4.78, 5) is 11.1. The molecule has 1 aliphatic rings. The van der Waals surface area contributed by atoms with Crippen molar-refractivity contribution in [2.45, 2.75) is 32.6 Å². The van der Waals surface area contributed by atoms with Crippen LogP contribution in [0, 0.1) is 6.04 Å². The molecule has 2 nitrogen and oxygen atoms in total. The van der Waals surface area contributed by atoms with E-state index < -0.39 is 0 Å². The van der Waals surface area contributed by atoms with Crippen LogP contribution in [0.4, 0.5) is 0 Å². The lowest BCUT2D eigenvalue weighted by Crippen LogP contribution is -2.21. The molecule has 1 heterocycles. The molecule has 10 heavy (non-hydrogen) atoms. The SMILES string of the molecule is CCCC(=O)[C]1CCCN1. The smallest absolute Gasteiger partial charge is 0.155 e. The van der Waals surface area contributed by atoms with Crippen LogP contribution in [0.5, 0.6) is 0 Å². The number of hydrogen-bond acceptors (Lipinski definition) is 2. The Kier molecular flexibility index (Phi) is 2.87. The lowest BCUT2D eigenvalue weighted by Gasteiger charge is -2.04. The third-order valence-corrected chi connectivity index (χ3v) is 1.76. The van der Waals surface area contributed by atoms with Crippen molar-refractivity contribution in [1.29, 1.82) is 0 Å². The average molecular weight is 140 g/mol. The van der Waals surface area contributed by atoms with Crippen molar-refractivity contribution in [2.75, 3.05) is 6.54 Å². The van der Waals surface area contributed by atoms with E-state index in [1.54, 1.807) is 0 Å². The molecule has 1 fully saturated rings. The maximum Gasteiger partial charge on any atom is 0.155 e. The van der Waals surface area contributed by atoms with Gasteiger partial charge >= 0.3 is 0 Å². The van der Waals surface area contributed by atoms with Crippen molar-refractivity contribution in [1.82, 2.24) is 5.32 Å². The lowest BCUT2D eigenvalue weighted by atomic mass is 10.1. The van der Waals surface area contributed by atoms with Gasteiger partial charge in [0.1, 0.15) is 6.04 Å². The Bertz CT molecular complexity index is 116. The van der Waals surface area contributed by atoms with Gasteiger partial charge < -0.3 is 5.32 Å². The quantitative estimate of drug-likeness (QED) is 0.639. The van der Waals surface area contributed by atoms with E-state index >= 15 is 0 Å². The average Bonchev–Trinajstić information content (AvgIpc) is 2.38. The molecular formula is C8H14NO. The molecule has 1 radical (unpaired) electrons. The Labute approximate surface area is 62.0 Å². The molecule has 1 aliphatic heterocycles. The zero-order chi connectivity index (χ0) is 7.40. The molecule has 0 aliphatic carbocycles. The summed E-state index contributed by atoms with van der Waals surface area (Å²) in [6.07, 6.45) is 3.77. The van der Waals surface area contributed by atoms with Crippen molar-refractivity contribution in [3.8, 4) is 0 Å². The van der Waals surface area contributed by atoms with E-state index in [4.69, 9.17) is 0 Å². The number of ketones is 1. The summed E-state index contributed by atoms with van der Waals surface area (Å²) in [7, 11) is 0. The van der Waals surface area contributed by atoms with Gasteiger partial charge in [-0.1, -0.05) is 6.92 Å². The summed E-state index contributed by atoms with van der Waals surface area (Å²) in [6.45, 7) is 3.03. The van der Waals surface area contributed by atoms with Crippen molar-refractivity contribution in [3.05, 3.63) is 6.04 Å². The molecule has 0 amide bonds. The third kappa shape index (κ3) is 1.81. The molecule has 0 saturated carbocycles. The second-order valence-corrected chi connectivity index (χ2v) is 2.68. The van der Waals surface area contributed by atoms with Gasteiger partial charge in [-0.3, -0.25) is 4.79 Å². The van der Waals surface area contributed by atoms with Crippen LogP contribution in [-0.4, -0.2) is 12.3 Å². The highest BCUT2D eigenvalue weighted by Gasteiger charge is 2.21. The van der Waals surface area contributed by atoms with Crippen LogP contribution in [0.2, 0.25) is 0 Å². The number of nitrogens with one attached hydrogen (secondary N) is 1. The Hall–Kier alpha value is -0.370. The first kappa shape index (κ1) is 7.73. The van der Waals surface area contributed by atoms with Crippen LogP contribution < -0.4 is 5.32 Å². The monoisotopic (exact) mass is 140 g/mol. The summed E-state index contributed by atoms with van der Waals surface area (Å²) in [6, 6.07) is 0.960. The van der Waals surface area contributed by atoms with Gasteiger partial charge in [0.25, 0.3) is 0 Å². The minimum Gasteiger partial charge on any atom is -0.303 e. The van der Waals surface area contributed by atoms with Gasteiger partial charge in [-0.2, -0.15) is 0 Å². The lowest BCUT2D eigenvalue weighted by molar-refractivity contribution is -0.117. The number of rotatable bonds is 3. The molecule has 1 N–H and O–H groups in total. The third-order valence-electron chi connectivity index (χ3n) is 1.76. The minimum absolute atomic E-state index is 0.319. The van der Waals surface area contributed by atoms with Gasteiger partial charge in [-0.15, -0.1) is 0 Å². The summed E-state index contributed by atoms with van der Waals surface area (Å²) in [5, 5.41) is 3.11. The fraction of sp³-hybridized carbons (Fsp3) is 0.750. The largest absolute Gasteiger partial charge is 0.303 e. The molecule has 0 atom stereocenters. The van der Waals surface area contributed by atoms with Crippen LogP contribution in [0.1, 0.15) is 32.6 Å². The molecule has 57 valence electrons. The number of carbonyl (C=O) groups excluding carboxylic acids is 1. The van der Waals surface area contributed by atoms with Crippen LogP contribution >= 0.6 is 0 Å². The molecule has 1 saturated heterocycles. The Morgan fingerprint density at radius 1 is 1.70 bits per heavy atom. The second-order valence-electron chi connectivity index (χ2n) is 2.68. The second kappa shape index (κ2) is 3.71. The van der Waals surface area contributed by atoms with E-state index in [-0.39, 0.29) is 0 Å². The van der Waals surface area contributed by atoms with Gasteiger partial charge in [0.05, 0.1) is 0 Å². The van der Waals surface area contributed by atoms with Gasteiger partial charge in [0.2, 0.25) is 0 Å². The first-order valence-corrected chi connectivity index (χ1v) is 3.97. The molecular weight excluding hydrogens is 126 g/mol. The molecule has 1 rings (SSSR count). The van der Waals surface area contributed by atoms with Crippen molar-refractivity contribution in [3.63, 3.8) is 0 Å². The predicted molar refractivity (Wildman–Crippen MR) is 40.4 cm³/mol. The van der Waals surface area contributed by atoms with E-state index in [0.717, 1.165) is 31.8 Å². The summed E-state index contributed by atoms with van der Waals surface area (Å²) in [5.74, 6) is 0.319. The summed E-state index contributed by atoms with van der Waals surface area (Å²) in [5.41, 5.74) is 0. The first-order valence-electron chi connectivity index (χ1n) is 3.97. The van der Waals surface area contributed by atoms with E-state index in [9.17, 15) is 4.79 Å². The first-order chi connectivity index (χ1) is 4.84. The van der Waals surface area contributed by atoms with E-state index in [0.29, 0.717) is 12.2 Å². The summed E-state index contributed by atoms with van der Waals surface area (Å²) >= 11 is 0.